The van der Waals surface area contributed by atoms with Gasteiger partial charge in [-0.3, -0.25) is 4.79 Å². The summed E-state index contributed by atoms with van der Waals surface area (Å²) in [7, 11) is 0.857. The van der Waals surface area contributed by atoms with Gasteiger partial charge in [0.1, 0.15) is 16.4 Å². The van der Waals surface area contributed by atoms with Crippen LogP contribution >= 0.6 is 0 Å². The molecule has 1 heterocycles. The third kappa shape index (κ3) is 2.17. The largest absolute Gasteiger partial charge is 0.480 e. The van der Waals surface area contributed by atoms with Crippen LogP contribution < -0.4 is 5.73 Å². The van der Waals surface area contributed by atoms with Crippen LogP contribution in [0.1, 0.15) is 5.69 Å². The molecule has 0 spiro atoms. The highest BCUT2D eigenvalue weighted by atomic mass is 28.2. The van der Waals surface area contributed by atoms with Crippen LogP contribution in [0.15, 0.2) is 12.5 Å². The third-order valence-corrected chi connectivity index (χ3v) is 1.99. The predicted octanol–water partition coefficient (Wildman–Crippen LogP) is -2.03. The van der Waals surface area contributed by atoms with Crippen LogP contribution in [0.4, 0.5) is 0 Å². The molecule has 3 N–H and O–H groups in total. The average Bonchev–Trinajstić information content (AvgIpc) is 2.35. The van der Waals surface area contributed by atoms with E-state index in [1.807, 2.05) is 10.4 Å². The minimum atomic E-state index is -0.988. The number of nitrogens with two attached hydrogens (primary N) is 1. The summed E-state index contributed by atoms with van der Waals surface area (Å²) in [5.74, 6) is -0.988. The minimum Gasteiger partial charge on any atom is -0.480 e. The lowest BCUT2D eigenvalue weighted by atomic mass is 10.2. The van der Waals surface area contributed by atoms with Gasteiger partial charge in [0.05, 0.1) is 12.0 Å². The van der Waals surface area contributed by atoms with Crippen molar-refractivity contribution in [3.8, 4) is 0 Å². The Hall–Kier alpha value is -1.14. The van der Waals surface area contributed by atoms with E-state index in [0.29, 0.717) is 6.42 Å². The van der Waals surface area contributed by atoms with Crippen molar-refractivity contribution in [2.75, 3.05) is 0 Å². The Morgan fingerprint density at radius 2 is 2.58 bits per heavy atom. The van der Waals surface area contributed by atoms with Crippen molar-refractivity contribution in [1.29, 1.82) is 0 Å². The lowest BCUT2D eigenvalue weighted by Gasteiger charge is -2.01. The van der Waals surface area contributed by atoms with Gasteiger partial charge in [0, 0.05) is 12.6 Å². The van der Waals surface area contributed by atoms with Crippen LogP contribution in [0.2, 0.25) is 0 Å². The maximum Gasteiger partial charge on any atom is 0.320 e. The van der Waals surface area contributed by atoms with Crippen molar-refractivity contribution in [1.82, 2.24) is 9.22 Å². The van der Waals surface area contributed by atoms with Gasteiger partial charge in [-0.05, 0) is 0 Å². The van der Waals surface area contributed by atoms with Gasteiger partial charge in [0.25, 0.3) is 0 Å². The smallest absolute Gasteiger partial charge is 0.320 e. The monoisotopic (exact) mass is 185 g/mol. The van der Waals surface area contributed by atoms with E-state index in [4.69, 9.17) is 10.8 Å². The normalized spacial score (nSPS) is 13.1. The Bertz CT molecular complexity index is 286. The molecule has 1 aromatic rings. The van der Waals surface area contributed by atoms with Crippen molar-refractivity contribution < 1.29 is 9.90 Å². The summed E-state index contributed by atoms with van der Waals surface area (Å²) in [6.07, 6.45) is 3.79. The highest BCUT2D eigenvalue weighted by molar-refractivity contribution is 6.06. The number of hydrogen-bond acceptors (Lipinski definition) is 3. The molecule has 1 aromatic heterocycles. The standard InChI is InChI=1S/C6H11N3O2Si/c7-5(6(10)11)1-4-2-9(12)3-8-4/h2-3,5H,1,7H2,12H3,(H,10,11)/t5-/m0/s1. The number of nitrogens with zero attached hydrogens (tertiary/aromatic N) is 2. The van der Waals surface area contributed by atoms with E-state index >= 15 is 0 Å². The van der Waals surface area contributed by atoms with E-state index in [9.17, 15) is 4.79 Å². The molecule has 66 valence electrons. The fraction of sp³-hybridized carbons (Fsp3) is 0.333. The van der Waals surface area contributed by atoms with Gasteiger partial charge in [0.2, 0.25) is 0 Å². The Kier molecular flexibility index (Phi) is 2.61. The van der Waals surface area contributed by atoms with Crippen LogP contribution in [-0.2, 0) is 11.2 Å². The summed E-state index contributed by atoms with van der Waals surface area (Å²) in [5, 5.41) is 8.50. The zero-order valence-electron chi connectivity index (χ0n) is 6.77. The maximum absolute atomic E-state index is 10.4. The fourth-order valence-electron chi connectivity index (χ4n) is 0.885. The molecular formula is C6H11N3O2Si. The second kappa shape index (κ2) is 3.50. The molecule has 12 heavy (non-hydrogen) atoms. The van der Waals surface area contributed by atoms with E-state index in [-0.39, 0.29) is 0 Å². The summed E-state index contributed by atoms with van der Waals surface area (Å²) < 4.78 is 1.89. The van der Waals surface area contributed by atoms with Crippen molar-refractivity contribution in [3.05, 3.63) is 18.2 Å². The van der Waals surface area contributed by atoms with Gasteiger partial charge < -0.3 is 15.1 Å². The van der Waals surface area contributed by atoms with Crippen LogP contribution in [0, 0.1) is 0 Å². The van der Waals surface area contributed by atoms with Crippen LogP contribution in [0.5, 0.6) is 0 Å². The van der Waals surface area contributed by atoms with Crippen molar-refractivity contribution in [2.24, 2.45) is 5.73 Å². The number of carboxylic acids is 1. The third-order valence-electron chi connectivity index (χ3n) is 1.50. The summed E-state index contributed by atoms with van der Waals surface area (Å²) in [6, 6.07) is -0.846. The molecule has 0 saturated heterocycles. The van der Waals surface area contributed by atoms with E-state index in [1.54, 1.807) is 6.33 Å². The first kappa shape index (κ1) is 8.95. The number of carbonyl (C=O) groups is 1. The lowest BCUT2D eigenvalue weighted by molar-refractivity contribution is -0.138. The Morgan fingerprint density at radius 1 is 1.92 bits per heavy atom. The van der Waals surface area contributed by atoms with E-state index in [0.717, 1.165) is 16.1 Å². The van der Waals surface area contributed by atoms with E-state index < -0.39 is 12.0 Å². The fourth-order valence-corrected chi connectivity index (χ4v) is 1.30. The van der Waals surface area contributed by atoms with Crippen molar-refractivity contribution >= 4 is 16.4 Å². The zero-order valence-corrected chi connectivity index (χ0v) is 8.77. The van der Waals surface area contributed by atoms with E-state index in [2.05, 4.69) is 4.98 Å². The Labute approximate surface area is 72.7 Å². The summed E-state index contributed by atoms with van der Waals surface area (Å²) in [5.41, 5.74) is 6.06. The van der Waals surface area contributed by atoms with Gasteiger partial charge in [0.15, 0.2) is 0 Å². The molecule has 5 nitrogen and oxygen atoms in total. The molecule has 0 fully saturated rings. The first-order chi connectivity index (χ1) is 5.59. The molecule has 6 heteroatoms. The van der Waals surface area contributed by atoms with Gasteiger partial charge in [-0.2, -0.15) is 0 Å². The van der Waals surface area contributed by atoms with E-state index in [1.165, 1.54) is 0 Å². The van der Waals surface area contributed by atoms with Crippen molar-refractivity contribution in [2.45, 2.75) is 12.5 Å². The highest BCUT2D eigenvalue weighted by Gasteiger charge is 2.12. The molecule has 0 saturated carbocycles. The molecule has 0 bridgehead atoms. The first-order valence-corrected chi connectivity index (χ1v) is 4.44. The highest BCUT2D eigenvalue weighted by Crippen LogP contribution is 1.97. The molecule has 0 aliphatic heterocycles. The molecule has 0 aromatic carbocycles. The molecule has 1 rings (SSSR count). The van der Waals surface area contributed by atoms with Crippen LogP contribution in [0.25, 0.3) is 0 Å². The Balaban J connectivity index is 2.58. The first-order valence-electron chi connectivity index (χ1n) is 3.55. The quantitative estimate of drug-likeness (QED) is 0.532. The van der Waals surface area contributed by atoms with Gasteiger partial charge in [-0.1, -0.05) is 0 Å². The SMILES string of the molecule is N[C@@H](Cc1cn([SiH3])cn1)C(=O)O. The number of aliphatic carboxylic acids is 1. The molecule has 0 aliphatic rings. The minimum absolute atomic E-state index is 0.296. The number of aromatic nitrogens is 2. The predicted molar refractivity (Wildman–Crippen MR) is 46.9 cm³/mol. The molecule has 0 aliphatic carbocycles. The van der Waals surface area contributed by atoms with Gasteiger partial charge in [-0.15, -0.1) is 0 Å². The number of imidazole rings is 1. The Morgan fingerprint density at radius 3 is 3.00 bits per heavy atom. The second-order valence-corrected chi connectivity index (χ2v) is 3.71. The molecular weight excluding hydrogens is 174 g/mol. The molecule has 0 unspecified atom stereocenters. The topological polar surface area (TPSA) is 81.1 Å². The molecule has 0 radical (unpaired) electrons. The number of hydrogen-bond donors (Lipinski definition) is 2. The molecule has 0 amide bonds. The summed E-state index contributed by atoms with van der Waals surface area (Å²) in [6.45, 7) is 0. The molecule has 1 atom stereocenters. The van der Waals surface area contributed by atoms with Crippen LogP contribution in [0.3, 0.4) is 0 Å². The number of rotatable bonds is 3. The summed E-state index contributed by atoms with van der Waals surface area (Å²) in [4.78, 5) is 14.4. The van der Waals surface area contributed by atoms with Crippen LogP contribution in [-0.4, -0.2) is 36.7 Å². The zero-order chi connectivity index (χ0) is 9.14. The maximum atomic E-state index is 10.4. The van der Waals surface area contributed by atoms with Gasteiger partial charge >= 0.3 is 5.97 Å². The van der Waals surface area contributed by atoms with Crippen molar-refractivity contribution in [3.63, 3.8) is 0 Å². The van der Waals surface area contributed by atoms with Gasteiger partial charge in [-0.25, -0.2) is 4.98 Å². The lowest BCUT2D eigenvalue weighted by Crippen LogP contribution is -2.32. The average molecular weight is 185 g/mol. The summed E-state index contributed by atoms with van der Waals surface area (Å²) >= 11 is 0. The number of carboxylic acid groups (broad SMARTS) is 1. The second-order valence-electron chi connectivity index (χ2n) is 2.68.